The minimum Gasteiger partial charge on any atom is -0.380 e. The molecule has 0 bridgehead atoms. The summed E-state index contributed by atoms with van der Waals surface area (Å²) in [5.74, 6) is 0. The van der Waals surface area contributed by atoms with Crippen LogP contribution in [-0.4, -0.2) is 19.0 Å². The van der Waals surface area contributed by atoms with Crippen LogP contribution in [0, 0.1) is 11.3 Å². The number of nitrogens with zero attached hydrogens (tertiary/aromatic N) is 2. The Morgan fingerprint density at radius 3 is 1.89 bits per heavy atom. The van der Waals surface area contributed by atoms with Gasteiger partial charge in [0, 0.05) is 25.4 Å². The normalized spacial score (nSPS) is 11.9. The molecular formula is C7H12N2. The molecule has 2 nitrogen and oxygen atoms in total. The Labute approximate surface area is 56.4 Å². The first-order valence-corrected chi connectivity index (χ1v) is 2.84. The fraction of sp³-hybridized carbons (Fsp3) is 0.571. The van der Waals surface area contributed by atoms with Crippen molar-refractivity contribution in [3.05, 3.63) is 11.3 Å². The topological polar surface area (TPSA) is 27.0 Å². The second kappa shape index (κ2) is 3.13. The first-order valence-electron chi connectivity index (χ1n) is 2.84. The van der Waals surface area contributed by atoms with Crippen LogP contribution in [-0.2, 0) is 0 Å². The van der Waals surface area contributed by atoms with E-state index in [2.05, 4.69) is 6.07 Å². The van der Waals surface area contributed by atoms with Crippen molar-refractivity contribution in [2.45, 2.75) is 13.8 Å². The summed E-state index contributed by atoms with van der Waals surface area (Å²) in [4.78, 5) is 1.93. The van der Waals surface area contributed by atoms with Gasteiger partial charge in [0.2, 0.25) is 0 Å². The third-order valence-corrected chi connectivity index (χ3v) is 1.38. The van der Waals surface area contributed by atoms with Crippen LogP contribution in [0.4, 0.5) is 0 Å². The predicted molar refractivity (Wildman–Crippen MR) is 37.7 cm³/mol. The van der Waals surface area contributed by atoms with Gasteiger partial charge in [-0.25, -0.2) is 0 Å². The highest BCUT2D eigenvalue weighted by molar-refractivity contribution is 5.22. The van der Waals surface area contributed by atoms with Crippen LogP contribution in [0.3, 0.4) is 0 Å². The standard InChI is InChI=1S/C7H12N2/c1-6(5-8)7(2)9(3)4/h1-4H3/b7-6-. The highest BCUT2D eigenvalue weighted by atomic mass is 15.1. The van der Waals surface area contributed by atoms with Gasteiger partial charge < -0.3 is 4.90 Å². The quantitative estimate of drug-likeness (QED) is 0.493. The van der Waals surface area contributed by atoms with Gasteiger partial charge in [-0.1, -0.05) is 0 Å². The molecule has 0 spiro atoms. The van der Waals surface area contributed by atoms with Gasteiger partial charge >= 0.3 is 0 Å². The van der Waals surface area contributed by atoms with Crippen LogP contribution in [0.5, 0.6) is 0 Å². The summed E-state index contributed by atoms with van der Waals surface area (Å²) in [5.41, 5.74) is 1.80. The number of allylic oxidation sites excluding steroid dienone is 2. The van der Waals surface area contributed by atoms with Crippen molar-refractivity contribution in [1.82, 2.24) is 4.90 Å². The molecule has 0 saturated carbocycles. The van der Waals surface area contributed by atoms with E-state index in [4.69, 9.17) is 5.26 Å². The van der Waals surface area contributed by atoms with Crippen LogP contribution in [0.1, 0.15) is 13.8 Å². The molecule has 0 aliphatic carbocycles. The highest BCUT2D eigenvalue weighted by Gasteiger charge is 1.94. The van der Waals surface area contributed by atoms with Gasteiger partial charge in [0.1, 0.15) is 0 Å². The summed E-state index contributed by atoms with van der Waals surface area (Å²) in [7, 11) is 3.85. The fourth-order valence-corrected chi connectivity index (χ4v) is 0.416. The summed E-state index contributed by atoms with van der Waals surface area (Å²) in [5, 5.41) is 8.42. The molecule has 2 heteroatoms. The molecule has 50 valence electrons. The number of rotatable bonds is 1. The third-order valence-electron chi connectivity index (χ3n) is 1.38. The molecule has 0 N–H and O–H groups in total. The Kier molecular flexibility index (Phi) is 2.80. The largest absolute Gasteiger partial charge is 0.380 e. The minimum atomic E-state index is 0.778. The van der Waals surface area contributed by atoms with E-state index in [1.165, 1.54) is 0 Å². The van der Waals surface area contributed by atoms with Crippen LogP contribution >= 0.6 is 0 Å². The lowest BCUT2D eigenvalue weighted by atomic mass is 10.2. The molecule has 0 rings (SSSR count). The maximum Gasteiger partial charge on any atom is 0.0962 e. The molecule has 0 aromatic heterocycles. The zero-order valence-corrected chi connectivity index (χ0v) is 6.39. The van der Waals surface area contributed by atoms with Crippen molar-refractivity contribution < 1.29 is 0 Å². The second-order valence-electron chi connectivity index (χ2n) is 2.22. The lowest BCUT2D eigenvalue weighted by Gasteiger charge is -2.12. The molecule has 0 heterocycles. The van der Waals surface area contributed by atoms with Gasteiger partial charge in [-0.3, -0.25) is 0 Å². The Morgan fingerprint density at radius 2 is 1.78 bits per heavy atom. The first-order chi connectivity index (χ1) is 4.09. The van der Waals surface area contributed by atoms with Crippen molar-refractivity contribution in [2.75, 3.05) is 14.1 Å². The molecule has 0 aliphatic heterocycles. The van der Waals surface area contributed by atoms with E-state index in [9.17, 15) is 0 Å². The molecule has 0 amide bonds. The molecule has 9 heavy (non-hydrogen) atoms. The van der Waals surface area contributed by atoms with Crippen molar-refractivity contribution in [3.63, 3.8) is 0 Å². The summed E-state index contributed by atoms with van der Waals surface area (Å²) >= 11 is 0. The van der Waals surface area contributed by atoms with Gasteiger partial charge in [0.25, 0.3) is 0 Å². The van der Waals surface area contributed by atoms with E-state index >= 15 is 0 Å². The van der Waals surface area contributed by atoms with Gasteiger partial charge in [-0.15, -0.1) is 0 Å². The minimum absolute atomic E-state index is 0.778. The van der Waals surface area contributed by atoms with E-state index in [-0.39, 0.29) is 0 Å². The van der Waals surface area contributed by atoms with Crippen LogP contribution < -0.4 is 0 Å². The highest BCUT2D eigenvalue weighted by Crippen LogP contribution is 2.02. The van der Waals surface area contributed by atoms with Gasteiger partial charge in [0.15, 0.2) is 0 Å². The smallest absolute Gasteiger partial charge is 0.0962 e. The number of nitriles is 1. The predicted octanol–water partition coefficient (Wildman–Crippen LogP) is 1.37. The molecule has 0 fully saturated rings. The van der Waals surface area contributed by atoms with Crippen LogP contribution in [0.15, 0.2) is 11.3 Å². The lowest BCUT2D eigenvalue weighted by molar-refractivity contribution is 0.509. The monoisotopic (exact) mass is 124 g/mol. The Hall–Kier alpha value is -0.970. The van der Waals surface area contributed by atoms with E-state index in [0.29, 0.717) is 0 Å². The summed E-state index contributed by atoms with van der Waals surface area (Å²) in [6, 6.07) is 2.08. The second-order valence-corrected chi connectivity index (χ2v) is 2.22. The summed E-state index contributed by atoms with van der Waals surface area (Å²) in [6.45, 7) is 3.74. The molecule has 0 saturated heterocycles. The molecular weight excluding hydrogens is 112 g/mol. The molecule has 0 aromatic carbocycles. The average Bonchev–Trinajstić information content (AvgIpc) is 1.84. The third kappa shape index (κ3) is 2.18. The zero-order chi connectivity index (χ0) is 7.44. The number of hydrogen-bond donors (Lipinski definition) is 0. The average molecular weight is 124 g/mol. The molecule has 0 aromatic rings. The molecule has 0 radical (unpaired) electrons. The van der Waals surface area contributed by atoms with Gasteiger partial charge in [-0.2, -0.15) is 5.26 Å². The summed E-state index contributed by atoms with van der Waals surface area (Å²) < 4.78 is 0. The SMILES string of the molecule is C/C(C#N)=C(\C)N(C)C. The maximum atomic E-state index is 8.42. The van der Waals surface area contributed by atoms with E-state index in [1.807, 2.05) is 32.8 Å². The van der Waals surface area contributed by atoms with E-state index < -0.39 is 0 Å². The van der Waals surface area contributed by atoms with Crippen molar-refractivity contribution in [3.8, 4) is 6.07 Å². The zero-order valence-electron chi connectivity index (χ0n) is 6.39. The van der Waals surface area contributed by atoms with E-state index in [1.54, 1.807) is 0 Å². The van der Waals surface area contributed by atoms with Crippen molar-refractivity contribution in [2.24, 2.45) is 0 Å². The van der Waals surface area contributed by atoms with Gasteiger partial charge in [-0.05, 0) is 13.8 Å². The molecule has 0 unspecified atom stereocenters. The van der Waals surface area contributed by atoms with Crippen molar-refractivity contribution in [1.29, 1.82) is 5.26 Å². The van der Waals surface area contributed by atoms with E-state index in [0.717, 1.165) is 11.3 Å². The molecule has 0 atom stereocenters. The summed E-state index contributed by atoms with van der Waals surface area (Å²) in [6.07, 6.45) is 0. The molecule has 0 aliphatic rings. The Bertz CT molecular complexity index is 160. The number of hydrogen-bond acceptors (Lipinski definition) is 2. The maximum absolute atomic E-state index is 8.42. The lowest BCUT2D eigenvalue weighted by Crippen LogP contribution is -2.09. The fourth-order valence-electron chi connectivity index (χ4n) is 0.416. The van der Waals surface area contributed by atoms with Crippen molar-refractivity contribution >= 4 is 0 Å². The first kappa shape index (κ1) is 8.03. The van der Waals surface area contributed by atoms with Gasteiger partial charge in [0.05, 0.1) is 6.07 Å². The Balaban J connectivity index is 4.34. The van der Waals surface area contributed by atoms with Crippen LogP contribution in [0.25, 0.3) is 0 Å². The van der Waals surface area contributed by atoms with Crippen LogP contribution in [0.2, 0.25) is 0 Å². The Morgan fingerprint density at radius 1 is 1.33 bits per heavy atom.